The number of aliphatic carboxylic acids is 1. The monoisotopic (exact) mass is 417 g/mol. The predicted octanol–water partition coefficient (Wildman–Crippen LogP) is 4.24. The minimum atomic E-state index is -1.14. The Kier molecular flexibility index (Phi) is 5.89. The van der Waals surface area contributed by atoms with Gasteiger partial charge in [0.2, 0.25) is 0 Å². The van der Waals surface area contributed by atoms with Crippen LogP contribution in [0, 0.1) is 0 Å². The van der Waals surface area contributed by atoms with E-state index in [9.17, 15) is 14.7 Å². The standard InChI is InChI=1S/C25H23NO5/c27-23(28)25(17-26(18-25)24(29)31-16-20-9-5-2-6-10-20)21-11-13-22(14-12-21)30-15-19-7-3-1-4-8-19/h1-14H,15-18H2,(H,27,28). The fourth-order valence-electron chi connectivity index (χ4n) is 3.60. The van der Waals surface area contributed by atoms with Crippen LogP contribution in [0.4, 0.5) is 4.79 Å². The smallest absolute Gasteiger partial charge is 0.410 e. The Bertz CT molecular complexity index is 1030. The summed E-state index contributed by atoms with van der Waals surface area (Å²) in [4.78, 5) is 25.8. The van der Waals surface area contributed by atoms with E-state index in [4.69, 9.17) is 9.47 Å². The Labute approximate surface area is 180 Å². The molecule has 0 spiro atoms. The first-order chi connectivity index (χ1) is 15.1. The van der Waals surface area contributed by atoms with Crippen molar-refractivity contribution in [3.05, 3.63) is 102 Å². The van der Waals surface area contributed by atoms with Crippen molar-refractivity contribution >= 4 is 12.1 Å². The van der Waals surface area contributed by atoms with Crippen LogP contribution in [0.1, 0.15) is 16.7 Å². The highest BCUT2D eigenvalue weighted by atomic mass is 16.6. The molecule has 0 bridgehead atoms. The predicted molar refractivity (Wildman–Crippen MR) is 115 cm³/mol. The molecular formula is C25H23NO5. The molecule has 0 aliphatic carbocycles. The third-order valence-corrected chi connectivity index (χ3v) is 5.45. The number of hydrogen-bond acceptors (Lipinski definition) is 4. The zero-order valence-corrected chi connectivity index (χ0v) is 16.9. The lowest BCUT2D eigenvalue weighted by molar-refractivity contribution is -0.150. The Morgan fingerprint density at radius 3 is 1.90 bits per heavy atom. The molecule has 0 radical (unpaired) electrons. The summed E-state index contributed by atoms with van der Waals surface area (Å²) in [5.41, 5.74) is 1.44. The summed E-state index contributed by atoms with van der Waals surface area (Å²) in [7, 11) is 0. The molecule has 0 atom stereocenters. The van der Waals surface area contributed by atoms with Crippen molar-refractivity contribution in [3.63, 3.8) is 0 Å². The number of carboxylic acids is 1. The van der Waals surface area contributed by atoms with Gasteiger partial charge in [-0.3, -0.25) is 4.79 Å². The topological polar surface area (TPSA) is 76.1 Å². The number of carboxylic acid groups (broad SMARTS) is 1. The summed E-state index contributed by atoms with van der Waals surface area (Å²) < 4.78 is 11.1. The van der Waals surface area contributed by atoms with Gasteiger partial charge in [-0.15, -0.1) is 0 Å². The van der Waals surface area contributed by atoms with E-state index in [0.717, 1.165) is 11.1 Å². The summed E-state index contributed by atoms with van der Waals surface area (Å²) in [6, 6.07) is 26.2. The van der Waals surface area contributed by atoms with Crippen molar-refractivity contribution < 1.29 is 24.2 Å². The average Bonchev–Trinajstić information content (AvgIpc) is 2.77. The first-order valence-corrected chi connectivity index (χ1v) is 10.0. The molecule has 0 aromatic heterocycles. The van der Waals surface area contributed by atoms with Crippen LogP contribution in [0.2, 0.25) is 0 Å². The molecule has 1 aliphatic rings. The van der Waals surface area contributed by atoms with Gasteiger partial charge >= 0.3 is 12.1 Å². The molecule has 0 unspecified atom stereocenters. The Morgan fingerprint density at radius 2 is 1.35 bits per heavy atom. The molecule has 1 fully saturated rings. The van der Waals surface area contributed by atoms with Crippen molar-refractivity contribution in [2.45, 2.75) is 18.6 Å². The Hall–Kier alpha value is -3.80. The Balaban J connectivity index is 1.35. The maximum absolute atomic E-state index is 12.3. The van der Waals surface area contributed by atoms with Crippen molar-refractivity contribution in [2.24, 2.45) is 0 Å². The number of carbonyl (C=O) groups is 2. The van der Waals surface area contributed by atoms with Gasteiger partial charge in [0.25, 0.3) is 0 Å². The molecule has 31 heavy (non-hydrogen) atoms. The Morgan fingerprint density at radius 1 is 0.806 bits per heavy atom. The van der Waals surface area contributed by atoms with E-state index in [1.54, 1.807) is 24.3 Å². The summed E-state index contributed by atoms with van der Waals surface area (Å²) in [6.45, 7) is 0.731. The van der Waals surface area contributed by atoms with E-state index in [1.165, 1.54) is 4.90 Å². The maximum Gasteiger partial charge on any atom is 0.410 e. The average molecular weight is 417 g/mol. The van der Waals surface area contributed by atoms with Gasteiger partial charge in [-0.2, -0.15) is 0 Å². The number of amides is 1. The molecular weight excluding hydrogens is 394 g/mol. The molecule has 3 aromatic carbocycles. The first-order valence-electron chi connectivity index (χ1n) is 10.0. The SMILES string of the molecule is O=C(OCc1ccccc1)N1CC(C(=O)O)(c2ccc(OCc3ccccc3)cc2)C1. The minimum absolute atomic E-state index is 0.0696. The van der Waals surface area contributed by atoms with Crippen molar-refractivity contribution in [3.8, 4) is 5.75 Å². The summed E-state index contributed by atoms with van der Waals surface area (Å²) in [6.07, 6.45) is -0.511. The number of benzene rings is 3. The largest absolute Gasteiger partial charge is 0.489 e. The van der Waals surface area contributed by atoms with Crippen LogP contribution in [0.25, 0.3) is 0 Å². The maximum atomic E-state index is 12.3. The molecule has 3 aromatic rings. The summed E-state index contributed by atoms with van der Waals surface area (Å²) >= 11 is 0. The van der Waals surface area contributed by atoms with Crippen LogP contribution >= 0.6 is 0 Å². The first kappa shape index (κ1) is 20.5. The van der Waals surface area contributed by atoms with Gasteiger partial charge in [0, 0.05) is 13.1 Å². The van der Waals surface area contributed by atoms with Crippen LogP contribution < -0.4 is 4.74 Å². The number of ether oxygens (including phenoxy) is 2. The van der Waals surface area contributed by atoms with Crippen LogP contribution in [-0.4, -0.2) is 35.2 Å². The van der Waals surface area contributed by atoms with Gasteiger partial charge < -0.3 is 19.5 Å². The van der Waals surface area contributed by atoms with Gasteiger partial charge in [0.05, 0.1) is 0 Å². The molecule has 1 aliphatic heterocycles. The fourth-order valence-corrected chi connectivity index (χ4v) is 3.60. The molecule has 6 heteroatoms. The van der Waals surface area contributed by atoms with Crippen molar-refractivity contribution in [1.29, 1.82) is 0 Å². The third-order valence-electron chi connectivity index (χ3n) is 5.45. The van der Waals surface area contributed by atoms with Gasteiger partial charge in [0.15, 0.2) is 0 Å². The molecule has 1 amide bonds. The van der Waals surface area contributed by atoms with E-state index in [1.807, 2.05) is 60.7 Å². The fraction of sp³-hybridized carbons (Fsp3) is 0.200. The molecule has 158 valence electrons. The van der Waals surface area contributed by atoms with Crippen molar-refractivity contribution in [2.75, 3.05) is 13.1 Å². The second-order valence-electron chi connectivity index (χ2n) is 7.58. The second-order valence-corrected chi connectivity index (χ2v) is 7.58. The van der Waals surface area contributed by atoms with Crippen LogP contribution in [-0.2, 0) is 28.2 Å². The van der Waals surface area contributed by atoms with Gasteiger partial charge in [-0.1, -0.05) is 72.8 Å². The normalized spacial score (nSPS) is 14.4. The van der Waals surface area contributed by atoms with Crippen LogP contribution in [0.15, 0.2) is 84.9 Å². The number of carbonyl (C=O) groups excluding carboxylic acids is 1. The molecule has 0 saturated carbocycles. The van der Waals surface area contributed by atoms with Gasteiger partial charge in [0.1, 0.15) is 24.4 Å². The summed E-state index contributed by atoms with van der Waals surface area (Å²) in [5, 5.41) is 9.86. The van der Waals surface area contributed by atoms with Gasteiger partial charge in [-0.05, 0) is 28.8 Å². The lowest BCUT2D eigenvalue weighted by Crippen LogP contribution is -2.65. The van der Waals surface area contributed by atoms with Gasteiger partial charge in [-0.25, -0.2) is 4.79 Å². The highest BCUT2D eigenvalue weighted by Crippen LogP contribution is 2.36. The quantitative estimate of drug-likeness (QED) is 0.622. The highest BCUT2D eigenvalue weighted by molar-refractivity contribution is 5.86. The van der Waals surface area contributed by atoms with E-state index in [2.05, 4.69) is 0 Å². The molecule has 6 nitrogen and oxygen atoms in total. The zero-order valence-electron chi connectivity index (χ0n) is 16.9. The van der Waals surface area contributed by atoms with Crippen LogP contribution in [0.3, 0.4) is 0 Å². The highest BCUT2D eigenvalue weighted by Gasteiger charge is 2.53. The van der Waals surface area contributed by atoms with Crippen molar-refractivity contribution in [1.82, 2.24) is 4.90 Å². The number of hydrogen-bond donors (Lipinski definition) is 1. The number of nitrogens with zero attached hydrogens (tertiary/aromatic N) is 1. The molecule has 1 saturated heterocycles. The third kappa shape index (κ3) is 4.53. The minimum Gasteiger partial charge on any atom is -0.489 e. The molecule has 4 rings (SSSR count). The van der Waals surface area contributed by atoms with E-state index in [0.29, 0.717) is 17.9 Å². The molecule has 1 heterocycles. The van der Waals surface area contributed by atoms with Crippen LogP contribution in [0.5, 0.6) is 5.75 Å². The lowest BCUT2D eigenvalue weighted by Gasteiger charge is -2.46. The summed E-state index contributed by atoms with van der Waals surface area (Å²) in [5.74, 6) is -0.302. The van der Waals surface area contributed by atoms with E-state index < -0.39 is 17.5 Å². The number of rotatable bonds is 7. The molecule has 1 N–H and O–H groups in total. The lowest BCUT2D eigenvalue weighted by atomic mass is 9.74. The number of likely N-dealkylation sites (tertiary alicyclic amines) is 1. The van der Waals surface area contributed by atoms with E-state index in [-0.39, 0.29) is 19.7 Å². The van der Waals surface area contributed by atoms with E-state index >= 15 is 0 Å². The second kappa shape index (κ2) is 8.92. The zero-order chi connectivity index (χ0) is 21.7.